The second-order valence-electron chi connectivity index (χ2n) is 2.12. The minimum Gasteiger partial charge on any atom is -0.822 e. The molecule has 0 saturated carbocycles. The summed E-state index contributed by atoms with van der Waals surface area (Å²) in [7, 11) is -5.39. The van der Waals surface area contributed by atoms with Gasteiger partial charge in [0.2, 0.25) is 0 Å². The molecule has 0 amide bonds. The summed E-state index contributed by atoms with van der Waals surface area (Å²) < 4.78 is 18.3. The molecule has 12 heteroatoms. The van der Waals surface area contributed by atoms with Crippen LogP contribution in [-0.2, 0) is 14.0 Å². The zero-order valence-corrected chi connectivity index (χ0v) is 11.9. The number of aliphatic hydroxyl groups is 2. The normalized spacial score (nSPS) is 8.94. The first-order chi connectivity index (χ1) is 6.91. The summed E-state index contributed by atoms with van der Waals surface area (Å²) in [5.41, 5.74) is 0. The summed E-state index contributed by atoms with van der Waals surface area (Å²) in [5, 5.41) is 16.5. The van der Waals surface area contributed by atoms with E-state index in [0.717, 1.165) is 0 Å². The Morgan fingerprint density at radius 1 is 0.778 bits per heavy atom. The van der Waals surface area contributed by atoms with E-state index in [4.69, 9.17) is 38.9 Å². The van der Waals surface area contributed by atoms with Gasteiger partial charge in [0.25, 0.3) is 0 Å². The molecule has 0 unspecified atom stereocenters. The molecule has 0 aromatic rings. The van der Waals surface area contributed by atoms with Crippen LogP contribution in [0.5, 0.6) is 0 Å². The van der Waals surface area contributed by atoms with Crippen molar-refractivity contribution < 1.29 is 95.5 Å². The van der Waals surface area contributed by atoms with Crippen LogP contribution in [0.2, 0.25) is 0 Å². The Hall–Kier alpha value is 1.74. The van der Waals surface area contributed by atoms with Crippen molar-refractivity contribution in [1.29, 1.82) is 0 Å². The van der Waals surface area contributed by atoms with Gasteiger partial charge in [-0.25, -0.2) is 0 Å². The first-order valence-corrected chi connectivity index (χ1v) is 5.48. The molecule has 0 heterocycles. The molecular weight excluding hydrogens is 252 g/mol. The van der Waals surface area contributed by atoms with Crippen LogP contribution >= 0.6 is 7.82 Å². The summed E-state index contributed by atoms with van der Waals surface area (Å²) in [6.07, 6.45) is 0. The van der Waals surface area contributed by atoms with E-state index in [2.05, 4.69) is 0 Å². The van der Waals surface area contributed by atoms with Gasteiger partial charge in [-0.15, -0.1) is 0 Å². The van der Waals surface area contributed by atoms with E-state index >= 15 is 0 Å². The zero-order chi connectivity index (χ0) is 12.2. The summed E-state index contributed by atoms with van der Waals surface area (Å²) in [6, 6.07) is 0. The third kappa shape index (κ3) is 65.1. The van der Waals surface area contributed by atoms with Gasteiger partial charge in [0.1, 0.15) is 0 Å². The number of aliphatic hydroxyl groups excluding tert-OH is 2. The van der Waals surface area contributed by atoms with E-state index in [1.54, 1.807) is 0 Å². The molecule has 0 aliphatic rings. The smallest absolute Gasteiger partial charge is 0.822 e. The molecule has 0 fully saturated rings. The van der Waals surface area contributed by atoms with E-state index in [0.29, 0.717) is 26.4 Å². The average molecular weight is 266 g/mol. The fourth-order valence-corrected chi connectivity index (χ4v) is 0.451. The number of hydrogen-bond donors (Lipinski definition) is 2. The second-order valence-corrected chi connectivity index (χ2v) is 3.01. The minimum absolute atomic E-state index is 0. The maximum atomic E-state index is 8.55. The molecule has 0 atom stereocenters. The fourth-order valence-electron chi connectivity index (χ4n) is 0.451. The average Bonchev–Trinajstić information content (AvgIpc) is 2.08. The van der Waals surface area contributed by atoms with Crippen molar-refractivity contribution in [1.82, 2.24) is 0 Å². The van der Waals surface area contributed by atoms with E-state index in [9.17, 15) is 0 Å². The van der Waals surface area contributed by atoms with Gasteiger partial charge < -0.3 is 38.9 Å². The molecule has 2 N–H and O–H groups in total. The molecule has 0 saturated heterocycles. The van der Waals surface area contributed by atoms with Gasteiger partial charge in [-0.05, 0) is 0 Å². The van der Waals surface area contributed by atoms with Crippen LogP contribution in [0.1, 0.15) is 0 Å². The molecular formula is C6H14Li3O8P. The molecule has 0 aromatic carbocycles. The number of phosphoric acid groups is 1. The van der Waals surface area contributed by atoms with Crippen molar-refractivity contribution in [3.05, 3.63) is 0 Å². The molecule has 0 aromatic heterocycles. The zero-order valence-electron chi connectivity index (χ0n) is 11.0. The monoisotopic (exact) mass is 266 g/mol. The predicted octanol–water partition coefficient (Wildman–Crippen LogP) is -12.8. The standard InChI is InChI=1S/C6H14O4.3Li.H3O4P/c7-1-3-9-5-6-10-4-2-8;;;;1-5(2,3)4/h7-8H,1-6H2;;;;(H3,1,2,3,4)/q;3*+1;/p-3. The van der Waals surface area contributed by atoms with Crippen molar-refractivity contribution in [3.8, 4) is 0 Å². The van der Waals surface area contributed by atoms with Crippen LogP contribution < -0.4 is 71.3 Å². The van der Waals surface area contributed by atoms with Gasteiger partial charge in [-0.3, -0.25) is 0 Å². The maximum absolute atomic E-state index is 8.55. The molecule has 94 valence electrons. The van der Waals surface area contributed by atoms with Crippen LogP contribution in [0.15, 0.2) is 0 Å². The molecule has 0 spiro atoms. The van der Waals surface area contributed by atoms with Gasteiger partial charge in [-0.2, -0.15) is 7.82 Å². The van der Waals surface area contributed by atoms with Gasteiger partial charge in [0.15, 0.2) is 0 Å². The Kier molecular flexibility index (Phi) is 42.2. The van der Waals surface area contributed by atoms with Crippen molar-refractivity contribution in [3.63, 3.8) is 0 Å². The number of hydrogen-bond acceptors (Lipinski definition) is 8. The Balaban J connectivity index is -0.0000000621. The summed E-state index contributed by atoms with van der Waals surface area (Å²) in [5.74, 6) is 0. The number of rotatable bonds is 7. The predicted molar refractivity (Wildman–Crippen MR) is 43.4 cm³/mol. The van der Waals surface area contributed by atoms with Crippen molar-refractivity contribution in [2.75, 3.05) is 39.6 Å². The van der Waals surface area contributed by atoms with Crippen LogP contribution in [0.4, 0.5) is 0 Å². The van der Waals surface area contributed by atoms with Gasteiger partial charge in [-0.1, -0.05) is 0 Å². The third-order valence-corrected chi connectivity index (χ3v) is 0.843. The summed E-state index contributed by atoms with van der Waals surface area (Å²) >= 11 is 0. The molecule has 0 aliphatic heterocycles. The van der Waals surface area contributed by atoms with Crippen LogP contribution in [0.3, 0.4) is 0 Å². The maximum Gasteiger partial charge on any atom is 1.00 e. The third-order valence-electron chi connectivity index (χ3n) is 0.843. The number of ether oxygens (including phenoxy) is 2. The molecule has 0 aliphatic carbocycles. The first-order valence-electron chi connectivity index (χ1n) is 4.02. The van der Waals surface area contributed by atoms with E-state index in [1.807, 2.05) is 0 Å². The van der Waals surface area contributed by atoms with Crippen LogP contribution in [0.25, 0.3) is 0 Å². The quantitative estimate of drug-likeness (QED) is 0.262. The van der Waals surface area contributed by atoms with Gasteiger partial charge >= 0.3 is 56.6 Å². The van der Waals surface area contributed by atoms with Crippen molar-refractivity contribution in [2.45, 2.75) is 0 Å². The van der Waals surface area contributed by atoms with Crippen molar-refractivity contribution >= 4 is 7.82 Å². The van der Waals surface area contributed by atoms with Gasteiger partial charge in [0, 0.05) is 0 Å². The van der Waals surface area contributed by atoms with E-state index < -0.39 is 7.82 Å². The molecule has 0 radical (unpaired) electrons. The largest absolute Gasteiger partial charge is 1.00 e. The van der Waals surface area contributed by atoms with Crippen molar-refractivity contribution in [2.24, 2.45) is 0 Å². The molecule has 18 heavy (non-hydrogen) atoms. The first kappa shape index (κ1) is 31.9. The second kappa shape index (κ2) is 23.8. The Morgan fingerprint density at radius 3 is 1.17 bits per heavy atom. The molecule has 8 nitrogen and oxygen atoms in total. The SMILES string of the molecule is O=P([O-])([O-])[O-].OCCOCCOCCO.[Li+].[Li+].[Li+]. The Morgan fingerprint density at radius 2 is 1.00 bits per heavy atom. The summed E-state index contributed by atoms with van der Waals surface area (Å²) in [4.78, 5) is 25.6. The van der Waals surface area contributed by atoms with Gasteiger partial charge in [0.05, 0.1) is 39.6 Å². The van der Waals surface area contributed by atoms with Crippen LogP contribution in [0, 0.1) is 0 Å². The summed E-state index contributed by atoms with van der Waals surface area (Å²) in [6.45, 7) is 1.73. The molecule has 0 rings (SSSR count). The fraction of sp³-hybridized carbons (Fsp3) is 1.00. The topological polar surface area (TPSA) is 145 Å². The molecule has 0 bridgehead atoms. The Labute approximate surface area is 142 Å². The van der Waals surface area contributed by atoms with E-state index in [1.165, 1.54) is 0 Å². The van der Waals surface area contributed by atoms with E-state index in [-0.39, 0.29) is 69.8 Å². The van der Waals surface area contributed by atoms with Crippen LogP contribution in [-0.4, -0.2) is 49.9 Å². The minimum atomic E-state index is -5.39. The Bertz CT molecular complexity index is 153.